The third kappa shape index (κ3) is 4.07. The highest BCUT2D eigenvalue weighted by atomic mass is 32.2. The zero-order chi connectivity index (χ0) is 17.8. The second-order valence-corrected chi connectivity index (χ2v) is 7.85. The van der Waals surface area contributed by atoms with E-state index in [0.29, 0.717) is 0 Å². The van der Waals surface area contributed by atoms with Gasteiger partial charge in [0.2, 0.25) is 0 Å². The molecule has 0 bridgehead atoms. The number of piperidine rings is 1. The number of nitrogens with zero attached hydrogens (tertiary/aromatic N) is 2. The Morgan fingerprint density at radius 3 is 2.35 bits per heavy atom. The van der Waals surface area contributed by atoms with Crippen LogP contribution in [0.15, 0.2) is 70.6 Å². The molecule has 26 heavy (non-hydrogen) atoms. The minimum atomic E-state index is -0.111. The van der Waals surface area contributed by atoms with Crippen LogP contribution in [0.2, 0.25) is 0 Å². The number of carbonyl (C=O) groups excluding carboxylic acids is 1. The Labute approximate surface area is 158 Å². The van der Waals surface area contributed by atoms with E-state index in [-0.39, 0.29) is 5.91 Å². The predicted molar refractivity (Wildman–Crippen MR) is 109 cm³/mol. The molecule has 1 fully saturated rings. The van der Waals surface area contributed by atoms with E-state index in [1.807, 2.05) is 36.4 Å². The van der Waals surface area contributed by atoms with Crippen molar-refractivity contribution in [3.8, 4) is 0 Å². The number of aliphatic imine (C=N–C) groups is 1. The van der Waals surface area contributed by atoms with E-state index >= 15 is 0 Å². The molecule has 4 heteroatoms. The molecule has 4 rings (SSSR count). The van der Waals surface area contributed by atoms with Crippen molar-refractivity contribution in [2.24, 2.45) is 10.9 Å². The molecule has 132 valence electrons. The van der Waals surface area contributed by atoms with Crippen molar-refractivity contribution in [3.63, 3.8) is 0 Å². The van der Waals surface area contributed by atoms with E-state index in [0.717, 1.165) is 53.9 Å². The second kappa shape index (κ2) is 7.92. The summed E-state index contributed by atoms with van der Waals surface area (Å²) < 4.78 is 0. The van der Waals surface area contributed by atoms with Crippen LogP contribution in [0.5, 0.6) is 0 Å². The molecule has 2 heterocycles. The van der Waals surface area contributed by atoms with Gasteiger partial charge in [-0.2, -0.15) is 4.99 Å². The molecular formula is C22H22N2OS. The molecule has 1 saturated heterocycles. The summed E-state index contributed by atoms with van der Waals surface area (Å²) in [6.45, 7) is 1.96. The molecule has 2 aliphatic heterocycles. The molecule has 0 N–H and O–H groups in total. The first kappa shape index (κ1) is 17.1. The first-order valence-electron chi connectivity index (χ1n) is 9.14. The smallest absolute Gasteiger partial charge is 0.286 e. The van der Waals surface area contributed by atoms with Gasteiger partial charge in [0.1, 0.15) is 0 Å². The summed E-state index contributed by atoms with van der Waals surface area (Å²) >= 11 is 1.51. The Balaban J connectivity index is 1.34. The number of benzene rings is 2. The molecule has 1 amide bonds. The van der Waals surface area contributed by atoms with Crippen molar-refractivity contribution in [2.75, 3.05) is 13.1 Å². The average molecular weight is 362 g/mol. The van der Waals surface area contributed by atoms with Gasteiger partial charge in [-0.25, -0.2) is 0 Å². The Bertz CT molecular complexity index is 822. The maximum atomic E-state index is 12.2. The predicted octanol–water partition coefficient (Wildman–Crippen LogP) is 4.61. The quantitative estimate of drug-likeness (QED) is 0.748. The molecule has 0 unspecified atom stereocenters. The van der Waals surface area contributed by atoms with Crippen LogP contribution in [-0.2, 0) is 11.2 Å². The van der Waals surface area contributed by atoms with Crippen molar-refractivity contribution in [1.82, 2.24) is 4.90 Å². The van der Waals surface area contributed by atoms with E-state index in [2.05, 4.69) is 40.2 Å². The standard InChI is InChI=1S/C22H22N2OS/c25-21-20(16-18-9-5-2-6-10-18)26-22(23-21)24-13-11-19(12-14-24)15-17-7-3-1-4-8-17/h1-10,16,19H,11-15H2. The minimum absolute atomic E-state index is 0.111. The molecular weight excluding hydrogens is 340 g/mol. The number of carbonyl (C=O) groups is 1. The van der Waals surface area contributed by atoms with E-state index in [4.69, 9.17) is 0 Å². The molecule has 2 aromatic carbocycles. The number of rotatable bonds is 3. The fourth-order valence-corrected chi connectivity index (χ4v) is 4.47. The number of hydrogen-bond donors (Lipinski definition) is 0. The normalized spacial score (nSPS) is 19.8. The lowest BCUT2D eigenvalue weighted by Gasteiger charge is -2.32. The largest absolute Gasteiger partial charge is 0.351 e. The third-order valence-corrected chi connectivity index (χ3v) is 6.00. The number of amides is 1. The Hall–Kier alpha value is -2.33. The Morgan fingerprint density at radius 2 is 1.65 bits per heavy atom. The van der Waals surface area contributed by atoms with Gasteiger partial charge in [-0.1, -0.05) is 60.7 Å². The lowest BCUT2D eigenvalue weighted by atomic mass is 9.90. The number of thioether (sulfide) groups is 1. The summed E-state index contributed by atoms with van der Waals surface area (Å²) in [7, 11) is 0. The topological polar surface area (TPSA) is 32.7 Å². The van der Waals surface area contributed by atoms with Crippen molar-refractivity contribution in [1.29, 1.82) is 0 Å². The zero-order valence-corrected chi connectivity index (χ0v) is 15.5. The van der Waals surface area contributed by atoms with E-state index < -0.39 is 0 Å². The molecule has 0 aromatic heterocycles. The number of amidine groups is 1. The average Bonchev–Trinajstić information content (AvgIpc) is 3.04. The van der Waals surface area contributed by atoms with Crippen LogP contribution >= 0.6 is 11.8 Å². The molecule has 3 nitrogen and oxygen atoms in total. The van der Waals surface area contributed by atoms with Gasteiger partial charge in [-0.15, -0.1) is 0 Å². The molecule has 2 aliphatic rings. The Morgan fingerprint density at radius 1 is 1.00 bits per heavy atom. The minimum Gasteiger partial charge on any atom is -0.351 e. The van der Waals surface area contributed by atoms with Crippen LogP contribution in [0.3, 0.4) is 0 Å². The fourth-order valence-electron chi connectivity index (χ4n) is 3.51. The summed E-state index contributed by atoms with van der Waals surface area (Å²) in [6, 6.07) is 20.7. The second-order valence-electron chi connectivity index (χ2n) is 6.84. The van der Waals surface area contributed by atoms with Crippen LogP contribution in [0.25, 0.3) is 6.08 Å². The summed E-state index contributed by atoms with van der Waals surface area (Å²) in [5.74, 6) is 0.607. The van der Waals surface area contributed by atoms with E-state index in [9.17, 15) is 4.79 Å². The van der Waals surface area contributed by atoms with Crippen molar-refractivity contribution in [2.45, 2.75) is 19.3 Å². The molecule has 0 radical (unpaired) electrons. The van der Waals surface area contributed by atoms with Gasteiger partial charge < -0.3 is 4.90 Å². The molecule has 2 aromatic rings. The summed E-state index contributed by atoms with van der Waals surface area (Å²) in [4.78, 5) is 19.5. The van der Waals surface area contributed by atoms with Gasteiger partial charge in [0.05, 0.1) is 4.91 Å². The SMILES string of the molecule is O=C1N=C(N2CCC(Cc3ccccc3)CC2)SC1=Cc1ccccc1. The van der Waals surface area contributed by atoms with E-state index in [1.165, 1.54) is 17.3 Å². The fraction of sp³-hybridized carbons (Fsp3) is 0.273. The molecule has 0 saturated carbocycles. The zero-order valence-electron chi connectivity index (χ0n) is 14.7. The lowest BCUT2D eigenvalue weighted by molar-refractivity contribution is -0.113. The van der Waals surface area contributed by atoms with E-state index in [1.54, 1.807) is 0 Å². The monoisotopic (exact) mass is 362 g/mol. The lowest BCUT2D eigenvalue weighted by Crippen LogP contribution is -2.37. The number of hydrogen-bond acceptors (Lipinski definition) is 3. The third-order valence-electron chi connectivity index (χ3n) is 4.96. The summed E-state index contributed by atoms with van der Waals surface area (Å²) in [5.41, 5.74) is 2.46. The van der Waals surface area contributed by atoms with Crippen molar-refractivity contribution >= 4 is 28.9 Å². The highest BCUT2D eigenvalue weighted by Crippen LogP contribution is 2.32. The van der Waals surface area contributed by atoms with Gasteiger partial charge in [0.25, 0.3) is 5.91 Å². The van der Waals surface area contributed by atoms with Crippen LogP contribution in [0.1, 0.15) is 24.0 Å². The van der Waals surface area contributed by atoms with Crippen LogP contribution in [0, 0.1) is 5.92 Å². The van der Waals surface area contributed by atoms with Crippen LogP contribution < -0.4 is 0 Å². The highest BCUT2D eigenvalue weighted by molar-refractivity contribution is 8.18. The van der Waals surface area contributed by atoms with Crippen LogP contribution in [0.4, 0.5) is 0 Å². The van der Waals surface area contributed by atoms with Gasteiger partial charge in [-0.05, 0) is 54.1 Å². The van der Waals surface area contributed by atoms with Crippen LogP contribution in [-0.4, -0.2) is 29.1 Å². The maximum absolute atomic E-state index is 12.2. The Kier molecular flexibility index (Phi) is 5.21. The van der Waals surface area contributed by atoms with Gasteiger partial charge in [0, 0.05) is 13.1 Å². The first-order valence-corrected chi connectivity index (χ1v) is 9.96. The van der Waals surface area contributed by atoms with Gasteiger partial charge in [0.15, 0.2) is 5.17 Å². The van der Waals surface area contributed by atoms with Gasteiger partial charge >= 0.3 is 0 Å². The highest BCUT2D eigenvalue weighted by Gasteiger charge is 2.29. The maximum Gasteiger partial charge on any atom is 0.286 e. The van der Waals surface area contributed by atoms with Crippen molar-refractivity contribution in [3.05, 3.63) is 76.7 Å². The van der Waals surface area contributed by atoms with Gasteiger partial charge in [-0.3, -0.25) is 4.79 Å². The number of likely N-dealkylation sites (tertiary alicyclic amines) is 1. The first-order chi connectivity index (χ1) is 12.8. The molecule has 0 aliphatic carbocycles. The summed E-state index contributed by atoms with van der Waals surface area (Å²) in [6.07, 6.45) is 5.39. The summed E-state index contributed by atoms with van der Waals surface area (Å²) in [5, 5.41) is 0.871. The van der Waals surface area contributed by atoms with Crippen molar-refractivity contribution < 1.29 is 4.79 Å². The molecule has 0 atom stereocenters. The molecule has 0 spiro atoms.